The fourth-order valence-corrected chi connectivity index (χ4v) is 3.98. The number of aromatic amines is 1. The highest BCUT2D eigenvalue weighted by Gasteiger charge is 2.23. The van der Waals surface area contributed by atoms with Gasteiger partial charge < -0.3 is 4.57 Å². The van der Waals surface area contributed by atoms with Crippen LogP contribution in [0.1, 0.15) is 29.2 Å². The number of hydrogen-bond donors (Lipinski definition) is 1. The number of rotatable bonds is 4. The predicted octanol–water partition coefficient (Wildman–Crippen LogP) is 3.91. The lowest BCUT2D eigenvalue weighted by Crippen LogP contribution is -2.04. The van der Waals surface area contributed by atoms with Gasteiger partial charge in [-0.05, 0) is 55.2 Å². The van der Waals surface area contributed by atoms with Gasteiger partial charge in [-0.3, -0.25) is 10.1 Å². The number of fused-ring (bicyclic) bond motifs is 1. The number of nitrogens with one attached hydrogen (secondary N) is 1. The topological polar surface area (TPSA) is 72.3 Å². The first-order chi connectivity index (χ1) is 13.7. The predicted molar refractivity (Wildman–Crippen MR) is 103 cm³/mol. The number of aryl methyl sites for hydroxylation is 2. The van der Waals surface area contributed by atoms with E-state index in [1.165, 1.54) is 5.56 Å². The number of hydrogen-bond acceptors (Lipinski definition) is 4. The Labute approximate surface area is 161 Å². The molecule has 0 fully saturated rings. The van der Waals surface area contributed by atoms with Crippen molar-refractivity contribution in [3.05, 3.63) is 71.7 Å². The number of pyridine rings is 1. The Kier molecular flexibility index (Phi) is 4.00. The summed E-state index contributed by atoms with van der Waals surface area (Å²) in [6.07, 6.45) is 7.58. The SMILES string of the molecule is Cc1[nH]nnc1-c1ccnc(-c2cn(C[C@H]3CCc4cc(F)ccc43)cn2)c1. The van der Waals surface area contributed by atoms with Crippen LogP contribution in [0.5, 0.6) is 0 Å². The van der Waals surface area contributed by atoms with Crippen LogP contribution in [0.15, 0.2) is 49.1 Å². The molecular formula is C21H19FN6. The minimum Gasteiger partial charge on any atom is -0.336 e. The van der Waals surface area contributed by atoms with Crippen LogP contribution in [0.25, 0.3) is 22.6 Å². The number of aromatic nitrogens is 6. The molecular weight excluding hydrogens is 355 g/mol. The van der Waals surface area contributed by atoms with Gasteiger partial charge in [-0.15, -0.1) is 5.10 Å². The Morgan fingerprint density at radius 3 is 2.96 bits per heavy atom. The van der Waals surface area contributed by atoms with E-state index in [0.29, 0.717) is 5.92 Å². The van der Waals surface area contributed by atoms with Crippen LogP contribution in [0.2, 0.25) is 0 Å². The second kappa shape index (κ2) is 6.67. The summed E-state index contributed by atoms with van der Waals surface area (Å²) in [5.74, 6) is 0.229. The standard InChI is InChI=1S/C21H19FN6/c1-13-21(26-27-25-13)15-6-7-23-19(9-15)20-11-28(12-24-20)10-16-3-2-14-8-17(22)4-5-18(14)16/h4-9,11-12,16H,2-3,10H2,1H3,(H,25,26,27)/t16-/m1/s1. The molecule has 0 spiro atoms. The Balaban J connectivity index is 1.39. The number of H-pyrrole nitrogens is 1. The molecule has 3 heterocycles. The summed E-state index contributed by atoms with van der Waals surface area (Å²) in [4.78, 5) is 9.00. The third kappa shape index (κ3) is 2.98. The maximum atomic E-state index is 13.4. The molecule has 28 heavy (non-hydrogen) atoms. The molecule has 1 aliphatic carbocycles. The van der Waals surface area contributed by atoms with Crippen molar-refractivity contribution >= 4 is 0 Å². The van der Waals surface area contributed by atoms with Crippen LogP contribution in [-0.2, 0) is 13.0 Å². The van der Waals surface area contributed by atoms with E-state index < -0.39 is 0 Å². The molecule has 1 N–H and O–H groups in total. The molecule has 0 radical (unpaired) electrons. The highest BCUT2D eigenvalue weighted by atomic mass is 19.1. The Bertz CT molecular complexity index is 1150. The monoisotopic (exact) mass is 374 g/mol. The molecule has 1 atom stereocenters. The second-order valence-corrected chi connectivity index (χ2v) is 7.25. The summed E-state index contributed by atoms with van der Waals surface area (Å²) in [7, 11) is 0. The van der Waals surface area contributed by atoms with Gasteiger partial charge in [0.1, 0.15) is 17.2 Å². The first kappa shape index (κ1) is 16.8. The van der Waals surface area contributed by atoms with Crippen LogP contribution in [0.4, 0.5) is 4.39 Å². The van der Waals surface area contributed by atoms with Gasteiger partial charge in [-0.2, -0.15) is 0 Å². The van der Waals surface area contributed by atoms with Gasteiger partial charge in [0, 0.05) is 30.4 Å². The molecule has 5 rings (SSSR count). The van der Waals surface area contributed by atoms with Gasteiger partial charge in [0.25, 0.3) is 0 Å². The first-order valence-electron chi connectivity index (χ1n) is 9.32. The van der Waals surface area contributed by atoms with Gasteiger partial charge in [0.05, 0.1) is 17.7 Å². The fraction of sp³-hybridized carbons (Fsp3) is 0.238. The van der Waals surface area contributed by atoms with Crippen LogP contribution in [0.3, 0.4) is 0 Å². The fourth-order valence-electron chi connectivity index (χ4n) is 3.98. The highest BCUT2D eigenvalue weighted by Crippen LogP contribution is 2.35. The summed E-state index contributed by atoms with van der Waals surface area (Å²) in [5.41, 5.74) is 6.68. The molecule has 7 heteroatoms. The average Bonchev–Trinajstić information content (AvgIpc) is 3.43. The molecule has 0 bridgehead atoms. The van der Waals surface area contributed by atoms with Crippen LogP contribution < -0.4 is 0 Å². The molecule has 1 aromatic carbocycles. The van der Waals surface area contributed by atoms with Crippen molar-refractivity contribution in [1.29, 1.82) is 0 Å². The minimum absolute atomic E-state index is 0.155. The lowest BCUT2D eigenvalue weighted by molar-refractivity contribution is 0.555. The van der Waals surface area contributed by atoms with Crippen molar-refractivity contribution < 1.29 is 4.39 Å². The number of benzene rings is 1. The molecule has 140 valence electrons. The van der Waals surface area contributed by atoms with Crippen molar-refractivity contribution in [2.24, 2.45) is 0 Å². The summed E-state index contributed by atoms with van der Waals surface area (Å²) in [6.45, 7) is 2.77. The van der Waals surface area contributed by atoms with E-state index in [9.17, 15) is 4.39 Å². The normalized spacial score (nSPS) is 15.7. The van der Waals surface area contributed by atoms with Crippen LogP contribution >= 0.6 is 0 Å². The highest BCUT2D eigenvalue weighted by molar-refractivity contribution is 5.67. The lowest BCUT2D eigenvalue weighted by Gasteiger charge is -2.12. The van der Waals surface area contributed by atoms with E-state index in [4.69, 9.17) is 0 Å². The largest absolute Gasteiger partial charge is 0.336 e. The number of halogens is 1. The van der Waals surface area contributed by atoms with Crippen molar-refractivity contribution in [2.45, 2.75) is 32.2 Å². The van der Waals surface area contributed by atoms with E-state index in [2.05, 4.69) is 29.9 Å². The van der Waals surface area contributed by atoms with Gasteiger partial charge in [-0.25, -0.2) is 9.37 Å². The molecule has 0 unspecified atom stereocenters. The molecule has 0 aliphatic heterocycles. The number of nitrogens with zero attached hydrogens (tertiary/aromatic N) is 5. The Morgan fingerprint density at radius 1 is 1.18 bits per heavy atom. The maximum Gasteiger partial charge on any atom is 0.123 e. The Morgan fingerprint density at radius 2 is 2.11 bits per heavy atom. The van der Waals surface area contributed by atoms with Crippen molar-refractivity contribution in [2.75, 3.05) is 0 Å². The zero-order chi connectivity index (χ0) is 19.1. The molecule has 6 nitrogen and oxygen atoms in total. The van der Waals surface area contributed by atoms with Gasteiger partial charge in [0.15, 0.2) is 0 Å². The van der Waals surface area contributed by atoms with E-state index >= 15 is 0 Å². The van der Waals surface area contributed by atoms with Crippen molar-refractivity contribution in [3.8, 4) is 22.6 Å². The molecule has 0 saturated heterocycles. The second-order valence-electron chi connectivity index (χ2n) is 7.25. The third-order valence-electron chi connectivity index (χ3n) is 5.39. The Hall–Kier alpha value is -3.35. The van der Waals surface area contributed by atoms with E-state index in [-0.39, 0.29) is 5.82 Å². The third-order valence-corrected chi connectivity index (χ3v) is 5.39. The molecule has 4 aromatic rings. The molecule has 3 aromatic heterocycles. The van der Waals surface area contributed by atoms with E-state index in [0.717, 1.165) is 53.3 Å². The number of imidazole rings is 1. The van der Waals surface area contributed by atoms with Gasteiger partial charge in [0.2, 0.25) is 0 Å². The lowest BCUT2D eigenvalue weighted by atomic mass is 10.0. The summed E-state index contributed by atoms with van der Waals surface area (Å²) in [5, 5.41) is 10.8. The van der Waals surface area contributed by atoms with E-state index in [1.807, 2.05) is 37.6 Å². The van der Waals surface area contributed by atoms with Gasteiger partial charge in [-0.1, -0.05) is 11.3 Å². The molecule has 0 saturated carbocycles. The zero-order valence-corrected chi connectivity index (χ0v) is 15.4. The smallest absolute Gasteiger partial charge is 0.123 e. The summed E-state index contributed by atoms with van der Waals surface area (Å²) in [6, 6.07) is 9.03. The van der Waals surface area contributed by atoms with Gasteiger partial charge >= 0.3 is 0 Å². The summed E-state index contributed by atoms with van der Waals surface area (Å²) < 4.78 is 15.5. The van der Waals surface area contributed by atoms with Crippen LogP contribution in [0, 0.1) is 12.7 Å². The van der Waals surface area contributed by atoms with Crippen LogP contribution in [-0.4, -0.2) is 29.9 Å². The minimum atomic E-state index is -0.155. The quantitative estimate of drug-likeness (QED) is 0.588. The summed E-state index contributed by atoms with van der Waals surface area (Å²) >= 11 is 0. The average molecular weight is 374 g/mol. The first-order valence-corrected chi connectivity index (χ1v) is 9.32. The van der Waals surface area contributed by atoms with Crippen molar-refractivity contribution in [1.82, 2.24) is 29.9 Å². The molecule has 1 aliphatic rings. The van der Waals surface area contributed by atoms with E-state index in [1.54, 1.807) is 18.3 Å². The molecule has 0 amide bonds. The van der Waals surface area contributed by atoms with Crippen molar-refractivity contribution in [3.63, 3.8) is 0 Å². The maximum absolute atomic E-state index is 13.4. The zero-order valence-electron chi connectivity index (χ0n) is 15.4.